The van der Waals surface area contributed by atoms with Crippen LogP contribution in [0, 0.1) is 12.8 Å². The van der Waals surface area contributed by atoms with Gasteiger partial charge in [-0.05, 0) is 30.8 Å². The third-order valence-corrected chi connectivity index (χ3v) is 2.69. The summed E-state index contributed by atoms with van der Waals surface area (Å²) in [7, 11) is 0. The Morgan fingerprint density at radius 3 is 2.79 bits per heavy atom. The fourth-order valence-corrected chi connectivity index (χ4v) is 1.57. The number of hydrogen-bond acceptors (Lipinski definition) is 4. The number of aromatic nitrogens is 2. The maximum Gasteiger partial charge on any atom is 0.264 e. The molecule has 1 aromatic heterocycles. The van der Waals surface area contributed by atoms with Crippen LogP contribution in [0.15, 0.2) is 0 Å². The van der Waals surface area contributed by atoms with Crippen LogP contribution < -0.4 is 5.32 Å². The minimum absolute atomic E-state index is 0.0573. The van der Waals surface area contributed by atoms with Gasteiger partial charge in [0.05, 0.1) is 5.69 Å². The summed E-state index contributed by atoms with van der Waals surface area (Å²) in [5.74, 6) is 0.550. The van der Waals surface area contributed by atoms with Gasteiger partial charge in [0.15, 0.2) is 0 Å². The quantitative estimate of drug-likeness (QED) is 0.827. The van der Waals surface area contributed by atoms with Crippen LogP contribution in [0.2, 0.25) is 0 Å². The molecular formula is C9H15N3OS. The van der Waals surface area contributed by atoms with E-state index >= 15 is 0 Å². The van der Waals surface area contributed by atoms with Crippen molar-refractivity contribution in [1.82, 2.24) is 14.9 Å². The van der Waals surface area contributed by atoms with Gasteiger partial charge >= 0.3 is 0 Å². The van der Waals surface area contributed by atoms with Crippen molar-refractivity contribution in [3.8, 4) is 0 Å². The first-order valence-corrected chi connectivity index (χ1v) is 5.45. The van der Waals surface area contributed by atoms with E-state index in [2.05, 4.69) is 28.8 Å². The lowest BCUT2D eigenvalue weighted by Gasteiger charge is -2.05. The first-order chi connectivity index (χ1) is 6.61. The van der Waals surface area contributed by atoms with Crippen LogP contribution in [-0.4, -0.2) is 22.0 Å². The van der Waals surface area contributed by atoms with Gasteiger partial charge < -0.3 is 5.32 Å². The topological polar surface area (TPSA) is 54.9 Å². The zero-order chi connectivity index (χ0) is 10.6. The Balaban J connectivity index is 2.40. The molecule has 1 amide bonds. The molecule has 5 heteroatoms. The molecule has 78 valence electrons. The Bertz CT molecular complexity index is 309. The molecule has 1 rings (SSSR count). The SMILES string of the molecule is Cc1nnsc1C(=O)NCCC(C)C. The highest BCUT2D eigenvalue weighted by Crippen LogP contribution is 2.08. The molecule has 0 saturated heterocycles. The van der Waals surface area contributed by atoms with Crippen molar-refractivity contribution >= 4 is 17.4 Å². The van der Waals surface area contributed by atoms with Gasteiger partial charge in [0.1, 0.15) is 4.88 Å². The Morgan fingerprint density at radius 1 is 1.57 bits per heavy atom. The van der Waals surface area contributed by atoms with E-state index in [0.717, 1.165) is 18.0 Å². The maximum absolute atomic E-state index is 11.5. The van der Waals surface area contributed by atoms with Gasteiger partial charge in [-0.3, -0.25) is 4.79 Å². The summed E-state index contributed by atoms with van der Waals surface area (Å²) in [6.07, 6.45) is 0.997. The number of carbonyl (C=O) groups excluding carboxylic acids is 1. The van der Waals surface area contributed by atoms with Crippen molar-refractivity contribution in [2.45, 2.75) is 27.2 Å². The van der Waals surface area contributed by atoms with Gasteiger partial charge in [0.25, 0.3) is 5.91 Å². The Hall–Kier alpha value is -0.970. The van der Waals surface area contributed by atoms with E-state index in [4.69, 9.17) is 0 Å². The zero-order valence-electron chi connectivity index (χ0n) is 8.70. The molecule has 0 aliphatic heterocycles. The van der Waals surface area contributed by atoms with Crippen LogP contribution in [-0.2, 0) is 0 Å². The molecule has 0 aliphatic carbocycles. The Kier molecular flexibility index (Phi) is 4.00. The van der Waals surface area contributed by atoms with Crippen molar-refractivity contribution in [1.29, 1.82) is 0 Å². The predicted octanol–water partition coefficient (Wildman–Crippen LogP) is 1.62. The van der Waals surface area contributed by atoms with E-state index in [9.17, 15) is 4.79 Å². The van der Waals surface area contributed by atoms with Crippen LogP contribution in [0.25, 0.3) is 0 Å². The van der Waals surface area contributed by atoms with E-state index < -0.39 is 0 Å². The normalized spacial score (nSPS) is 10.6. The van der Waals surface area contributed by atoms with Crippen molar-refractivity contribution in [3.05, 3.63) is 10.6 Å². The summed E-state index contributed by atoms with van der Waals surface area (Å²) in [6, 6.07) is 0. The van der Waals surface area contributed by atoms with Crippen LogP contribution in [0.4, 0.5) is 0 Å². The van der Waals surface area contributed by atoms with Gasteiger partial charge in [-0.1, -0.05) is 18.3 Å². The van der Waals surface area contributed by atoms with Crippen LogP contribution in [0.5, 0.6) is 0 Å². The van der Waals surface area contributed by atoms with Crippen molar-refractivity contribution < 1.29 is 4.79 Å². The van der Waals surface area contributed by atoms with Gasteiger partial charge in [-0.2, -0.15) is 0 Å². The second-order valence-corrected chi connectivity index (χ2v) is 4.38. The number of amides is 1. The monoisotopic (exact) mass is 213 g/mol. The highest BCUT2D eigenvalue weighted by Gasteiger charge is 2.11. The lowest BCUT2D eigenvalue weighted by atomic mass is 10.1. The molecule has 0 spiro atoms. The molecule has 14 heavy (non-hydrogen) atoms. The highest BCUT2D eigenvalue weighted by molar-refractivity contribution is 7.07. The Labute approximate surface area is 87.9 Å². The number of rotatable bonds is 4. The zero-order valence-corrected chi connectivity index (χ0v) is 9.52. The molecule has 1 aromatic rings. The van der Waals surface area contributed by atoms with E-state index in [1.807, 2.05) is 0 Å². The van der Waals surface area contributed by atoms with Gasteiger partial charge in [-0.15, -0.1) is 5.10 Å². The lowest BCUT2D eigenvalue weighted by Crippen LogP contribution is -2.25. The second-order valence-electron chi connectivity index (χ2n) is 3.63. The molecule has 0 fully saturated rings. The third kappa shape index (κ3) is 3.06. The first-order valence-electron chi connectivity index (χ1n) is 4.68. The van der Waals surface area contributed by atoms with E-state index in [1.54, 1.807) is 6.92 Å². The molecule has 0 unspecified atom stereocenters. The van der Waals surface area contributed by atoms with Gasteiger partial charge in [0, 0.05) is 6.54 Å². The summed E-state index contributed by atoms with van der Waals surface area (Å²) in [4.78, 5) is 12.1. The summed E-state index contributed by atoms with van der Waals surface area (Å²) in [5, 5.41) is 6.64. The molecule has 0 aliphatic rings. The molecule has 0 aromatic carbocycles. The average Bonchev–Trinajstić information content (AvgIpc) is 2.50. The molecular weight excluding hydrogens is 198 g/mol. The van der Waals surface area contributed by atoms with Gasteiger partial charge in [-0.25, -0.2) is 0 Å². The smallest absolute Gasteiger partial charge is 0.264 e. The second kappa shape index (κ2) is 5.05. The summed E-state index contributed by atoms with van der Waals surface area (Å²) in [5.41, 5.74) is 0.706. The number of carbonyl (C=O) groups is 1. The van der Waals surface area contributed by atoms with Crippen LogP contribution in [0.3, 0.4) is 0 Å². The Morgan fingerprint density at radius 2 is 2.29 bits per heavy atom. The van der Waals surface area contributed by atoms with Crippen molar-refractivity contribution in [2.24, 2.45) is 5.92 Å². The van der Waals surface area contributed by atoms with Crippen molar-refractivity contribution in [3.63, 3.8) is 0 Å². The molecule has 1 N–H and O–H groups in total. The molecule has 0 bridgehead atoms. The van der Waals surface area contributed by atoms with Crippen molar-refractivity contribution in [2.75, 3.05) is 6.54 Å². The number of nitrogens with zero attached hydrogens (tertiary/aromatic N) is 2. The first kappa shape index (κ1) is 11.1. The molecule has 4 nitrogen and oxygen atoms in total. The van der Waals surface area contributed by atoms with Crippen LogP contribution >= 0.6 is 11.5 Å². The lowest BCUT2D eigenvalue weighted by molar-refractivity contribution is 0.0955. The van der Waals surface area contributed by atoms with E-state index in [0.29, 0.717) is 23.0 Å². The fourth-order valence-electron chi connectivity index (χ4n) is 0.994. The number of aryl methyl sites for hydroxylation is 1. The summed E-state index contributed by atoms with van der Waals surface area (Å²) >= 11 is 1.14. The largest absolute Gasteiger partial charge is 0.351 e. The molecule has 0 atom stereocenters. The highest BCUT2D eigenvalue weighted by atomic mass is 32.1. The van der Waals surface area contributed by atoms with E-state index in [1.165, 1.54) is 0 Å². The maximum atomic E-state index is 11.5. The number of hydrogen-bond donors (Lipinski definition) is 1. The molecule has 0 saturated carbocycles. The molecule has 0 radical (unpaired) electrons. The number of nitrogens with one attached hydrogen (secondary N) is 1. The molecule has 1 heterocycles. The standard InChI is InChI=1S/C9H15N3OS/c1-6(2)4-5-10-9(13)8-7(3)11-12-14-8/h6H,4-5H2,1-3H3,(H,10,13). The van der Waals surface area contributed by atoms with E-state index in [-0.39, 0.29) is 5.91 Å². The minimum Gasteiger partial charge on any atom is -0.351 e. The van der Waals surface area contributed by atoms with Gasteiger partial charge in [0.2, 0.25) is 0 Å². The van der Waals surface area contributed by atoms with Crippen LogP contribution in [0.1, 0.15) is 35.6 Å². The fraction of sp³-hybridized carbons (Fsp3) is 0.667. The summed E-state index contributed by atoms with van der Waals surface area (Å²) in [6.45, 7) is 6.77. The summed E-state index contributed by atoms with van der Waals surface area (Å²) < 4.78 is 3.72. The third-order valence-electron chi connectivity index (χ3n) is 1.87. The predicted molar refractivity (Wildman–Crippen MR) is 56.4 cm³/mol. The average molecular weight is 213 g/mol. The minimum atomic E-state index is -0.0573.